The molecule has 1 fully saturated rings. The van der Waals surface area contributed by atoms with Crippen LogP contribution in [0.1, 0.15) is 29.0 Å². The molecule has 14 heteroatoms. The Kier molecular flexibility index (Phi) is 7.85. The van der Waals surface area contributed by atoms with Gasteiger partial charge in [0.15, 0.2) is 0 Å². The summed E-state index contributed by atoms with van der Waals surface area (Å²) < 4.78 is 119. The highest BCUT2D eigenvalue weighted by molar-refractivity contribution is 7.88. The molecule has 1 aliphatic rings. The second-order valence-electron chi connectivity index (χ2n) is 8.85. The van der Waals surface area contributed by atoms with Gasteiger partial charge in [0.2, 0.25) is 10.0 Å². The van der Waals surface area contributed by atoms with Gasteiger partial charge in [-0.05, 0) is 42.3 Å². The molecule has 2 amide bonds. The second-order valence-corrected chi connectivity index (χ2v) is 10.8. The van der Waals surface area contributed by atoms with E-state index in [0.717, 1.165) is 18.2 Å². The molecule has 204 valence electrons. The lowest BCUT2D eigenvalue weighted by molar-refractivity contribution is -0.143. The number of likely N-dealkylation sites (N-methyl/N-ethyl adjacent to an activating group) is 1. The number of hydrogen-bond acceptors (Lipinski definition) is 3. The van der Waals surface area contributed by atoms with Crippen molar-refractivity contribution in [3.63, 3.8) is 0 Å². The van der Waals surface area contributed by atoms with E-state index in [4.69, 9.17) is 0 Å². The molecule has 37 heavy (non-hydrogen) atoms. The molecule has 0 bridgehead atoms. The number of rotatable bonds is 4. The third kappa shape index (κ3) is 6.53. The number of amides is 2. The summed E-state index contributed by atoms with van der Waals surface area (Å²) in [5, 5.41) is 0. The number of anilines is 1. The van der Waals surface area contributed by atoms with Crippen molar-refractivity contribution in [2.24, 2.45) is 0 Å². The lowest BCUT2D eigenvalue weighted by Gasteiger charge is -2.43. The van der Waals surface area contributed by atoms with Gasteiger partial charge in [0.25, 0.3) is 0 Å². The molecule has 3 rings (SSSR count). The number of hydrogen-bond donors (Lipinski definition) is 0. The summed E-state index contributed by atoms with van der Waals surface area (Å²) in [7, 11) is -1.23. The van der Waals surface area contributed by atoms with Crippen molar-refractivity contribution in [3.05, 3.63) is 65.0 Å². The topological polar surface area (TPSA) is 60.9 Å². The summed E-state index contributed by atoms with van der Waals surface area (Å²) in [6.07, 6.45) is -9.03. The average molecular weight is 556 g/mol. The van der Waals surface area contributed by atoms with Crippen molar-refractivity contribution in [2.75, 3.05) is 38.3 Å². The number of urea groups is 1. The third-order valence-corrected chi connectivity index (χ3v) is 7.62. The Morgan fingerprint density at radius 3 is 1.92 bits per heavy atom. The van der Waals surface area contributed by atoms with Crippen LogP contribution < -0.4 is 4.90 Å². The molecule has 6 nitrogen and oxygen atoms in total. The fraction of sp³-hybridized carbons (Fsp3) is 0.435. The second kappa shape index (κ2) is 10.1. The molecule has 1 saturated heterocycles. The minimum absolute atomic E-state index is 0.0307. The van der Waals surface area contributed by atoms with Crippen molar-refractivity contribution < 1.29 is 43.9 Å². The molecular formula is C23H24F7N3O3S. The maximum atomic E-state index is 13.5. The van der Waals surface area contributed by atoms with Crippen molar-refractivity contribution in [3.8, 4) is 0 Å². The Hall–Kier alpha value is -2.87. The number of carbonyl (C=O) groups excluding carboxylic acids is 1. The van der Waals surface area contributed by atoms with Gasteiger partial charge in [-0.3, -0.25) is 4.90 Å². The summed E-state index contributed by atoms with van der Waals surface area (Å²) in [6, 6.07) is 4.48. The highest BCUT2D eigenvalue weighted by Crippen LogP contribution is 2.39. The average Bonchev–Trinajstić information content (AvgIpc) is 2.80. The van der Waals surface area contributed by atoms with E-state index in [1.165, 1.54) is 35.6 Å². The van der Waals surface area contributed by atoms with E-state index in [0.29, 0.717) is 22.6 Å². The molecule has 2 aromatic carbocycles. The molecule has 2 atom stereocenters. The molecule has 1 aliphatic heterocycles. The number of benzene rings is 2. The van der Waals surface area contributed by atoms with Gasteiger partial charge in [-0.2, -0.15) is 26.3 Å². The van der Waals surface area contributed by atoms with E-state index >= 15 is 0 Å². The van der Waals surface area contributed by atoms with E-state index in [-0.39, 0.29) is 25.6 Å². The van der Waals surface area contributed by atoms with Gasteiger partial charge in [0.1, 0.15) is 5.82 Å². The van der Waals surface area contributed by atoms with E-state index < -0.39 is 63.0 Å². The maximum Gasteiger partial charge on any atom is 0.416 e. The molecule has 1 heterocycles. The van der Waals surface area contributed by atoms with Gasteiger partial charge in [-0.1, -0.05) is 12.1 Å². The van der Waals surface area contributed by atoms with Gasteiger partial charge in [-0.25, -0.2) is 21.9 Å². The van der Waals surface area contributed by atoms with Gasteiger partial charge >= 0.3 is 18.4 Å². The predicted octanol–water partition coefficient (Wildman–Crippen LogP) is 5.17. The molecule has 2 unspecified atom stereocenters. The van der Waals surface area contributed by atoms with Crippen LogP contribution in [0.15, 0.2) is 42.5 Å². The maximum absolute atomic E-state index is 13.5. The fourth-order valence-corrected chi connectivity index (χ4v) is 5.20. The number of piperidine rings is 1. The summed E-state index contributed by atoms with van der Waals surface area (Å²) in [4.78, 5) is 15.1. The van der Waals surface area contributed by atoms with Crippen LogP contribution in [0.25, 0.3) is 0 Å². The highest BCUT2D eigenvalue weighted by atomic mass is 32.2. The molecule has 0 spiro atoms. The zero-order chi connectivity index (χ0) is 27.9. The first-order valence-corrected chi connectivity index (χ1v) is 12.7. The quantitative estimate of drug-likeness (QED) is 0.490. The Bertz CT molecular complexity index is 1220. The zero-order valence-corrected chi connectivity index (χ0v) is 20.8. The normalized spacial score (nSPS) is 19.5. The van der Waals surface area contributed by atoms with Gasteiger partial charge in [0, 0.05) is 44.8 Å². The van der Waals surface area contributed by atoms with Gasteiger partial charge in [0.05, 0.1) is 17.4 Å². The molecule has 0 aromatic heterocycles. The first kappa shape index (κ1) is 28.7. The largest absolute Gasteiger partial charge is 0.416 e. The van der Waals surface area contributed by atoms with Crippen LogP contribution in [0.5, 0.6) is 0 Å². The minimum atomic E-state index is -5.09. The van der Waals surface area contributed by atoms with Crippen LogP contribution in [0.4, 0.5) is 41.2 Å². The third-order valence-electron chi connectivity index (χ3n) is 6.35. The van der Waals surface area contributed by atoms with Crippen molar-refractivity contribution in [1.82, 2.24) is 9.21 Å². The summed E-state index contributed by atoms with van der Waals surface area (Å²) in [6.45, 7) is -0.0252. The van der Waals surface area contributed by atoms with E-state index in [1.54, 1.807) is 0 Å². The number of sulfonamides is 1. The smallest absolute Gasteiger partial charge is 0.324 e. The molecule has 0 aliphatic carbocycles. The van der Waals surface area contributed by atoms with E-state index in [1.807, 2.05) is 0 Å². The van der Waals surface area contributed by atoms with Crippen LogP contribution in [0.3, 0.4) is 0 Å². The number of nitrogens with zero attached hydrogens (tertiary/aromatic N) is 3. The minimum Gasteiger partial charge on any atom is -0.324 e. The Balaban J connectivity index is 1.97. The number of carbonyl (C=O) groups is 1. The first-order valence-electron chi connectivity index (χ1n) is 10.9. The Morgan fingerprint density at radius 2 is 1.46 bits per heavy atom. The van der Waals surface area contributed by atoms with E-state index in [2.05, 4.69) is 0 Å². The van der Waals surface area contributed by atoms with Crippen molar-refractivity contribution in [1.29, 1.82) is 0 Å². The van der Waals surface area contributed by atoms with Crippen LogP contribution in [-0.4, -0.2) is 63.1 Å². The summed E-state index contributed by atoms with van der Waals surface area (Å²) in [5.41, 5.74) is -3.23. The summed E-state index contributed by atoms with van der Waals surface area (Å²) in [5.74, 6) is -1.18. The molecule has 0 N–H and O–H groups in total. The van der Waals surface area contributed by atoms with Crippen LogP contribution >= 0.6 is 0 Å². The Morgan fingerprint density at radius 1 is 0.946 bits per heavy atom. The standard InChI is InChI=1S/C23H24F7N3O3S/c1-31(18-11-15(22(25,26)27)10-16(12-18)23(28,29)30)21(34)32(2)20-8-9-33(37(3,35)36)13-19(20)14-4-6-17(24)7-5-14/h4-7,10-12,19-20H,8-9,13H2,1-3H3. The first-order chi connectivity index (χ1) is 16.9. The molecular weight excluding hydrogens is 531 g/mol. The lowest BCUT2D eigenvalue weighted by atomic mass is 9.86. The summed E-state index contributed by atoms with van der Waals surface area (Å²) >= 11 is 0. The SMILES string of the molecule is CN(C(=O)N(C)C1CCN(S(C)(=O)=O)CC1c1ccc(F)cc1)c1cc(C(F)(F)F)cc(C(F)(F)F)c1. The van der Waals surface area contributed by atoms with Crippen LogP contribution in [0, 0.1) is 5.82 Å². The Labute approximate surface area is 209 Å². The monoisotopic (exact) mass is 555 g/mol. The van der Waals surface area contributed by atoms with Crippen LogP contribution in [0.2, 0.25) is 0 Å². The predicted molar refractivity (Wildman–Crippen MR) is 122 cm³/mol. The van der Waals surface area contributed by atoms with Gasteiger partial charge < -0.3 is 4.90 Å². The molecule has 0 saturated carbocycles. The highest BCUT2D eigenvalue weighted by Gasteiger charge is 2.40. The van der Waals surface area contributed by atoms with Gasteiger partial charge in [-0.15, -0.1) is 0 Å². The molecule has 2 aromatic rings. The van der Waals surface area contributed by atoms with E-state index in [9.17, 15) is 43.9 Å². The fourth-order valence-electron chi connectivity index (χ4n) is 4.33. The lowest BCUT2D eigenvalue weighted by Crippen LogP contribution is -2.54. The molecule has 0 radical (unpaired) electrons. The number of halogens is 7. The van der Waals surface area contributed by atoms with Crippen LogP contribution in [-0.2, 0) is 22.4 Å². The number of alkyl halides is 6. The van der Waals surface area contributed by atoms with Crippen molar-refractivity contribution in [2.45, 2.75) is 30.7 Å². The van der Waals surface area contributed by atoms with Crippen molar-refractivity contribution >= 4 is 21.7 Å². The zero-order valence-electron chi connectivity index (χ0n) is 19.9.